The average Bonchev–Trinajstić information content (AvgIpc) is 3.02. The zero-order valence-corrected chi connectivity index (χ0v) is 16.4. The zero-order chi connectivity index (χ0) is 20.8. The summed E-state index contributed by atoms with van der Waals surface area (Å²) in [6, 6.07) is 13.3. The van der Waals surface area contributed by atoms with Crippen LogP contribution in [0.15, 0.2) is 48.5 Å². The number of hydrogen-bond donors (Lipinski definition) is 3. The van der Waals surface area contributed by atoms with Gasteiger partial charge in [-0.2, -0.15) is 0 Å². The van der Waals surface area contributed by atoms with Crippen molar-refractivity contribution in [1.82, 2.24) is 9.88 Å². The number of unbranched alkanes of at least 4 members (excludes halogenated alkanes) is 2. The molecule has 1 heterocycles. The van der Waals surface area contributed by atoms with Gasteiger partial charge in [-0.1, -0.05) is 18.6 Å². The molecule has 4 N–H and O–H groups in total. The van der Waals surface area contributed by atoms with Gasteiger partial charge in [-0.15, -0.1) is 0 Å². The van der Waals surface area contributed by atoms with Gasteiger partial charge in [0.2, 0.25) is 5.91 Å². The Labute approximate surface area is 168 Å². The van der Waals surface area contributed by atoms with E-state index in [0.29, 0.717) is 35.4 Å². The predicted octanol–water partition coefficient (Wildman–Crippen LogP) is 3.83. The lowest BCUT2D eigenvalue weighted by molar-refractivity contribution is -0.116. The van der Waals surface area contributed by atoms with E-state index >= 15 is 0 Å². The Balaban J connectivity index is 1.38. The molecule has 0 bridgehead atoms. The monoisotopic (exact) mass is 396 g/mol. The van der Waals surface area contributed by atoms with Crippen LogP contribution in [0.3, 0.4) is 0 Å². The van der Waals surface area contributed by atoms with Gasteiger partial charge in [0.05, 0.1) is 11.4 Å². The molecular weight excluding hydrogens is 371 g/mol. The van der Waals surface area contributed by atoms with Crippen LogP contribution >= 0.6 is 0 Å². The van der Waals surface area contributed by atoms with Gasteiger partial charge in [0.15, 0.2) is 0 Å². The number of hydrogen-bond acceptors (Lipinski definition) is 3. The lowest BCUT2D eigenvalue weighted by Gasteiger charge is -2.08. The van der Waals surface area contributed by atoms with Gasteiger partial charge in [-0.25, -0.2) is 4.39 Å². The highest BCUT2D eigenvalue weighted by molar-refractivity contribution is 5.98. The minimum atomic E-state index is -0.325. The molecule has 0 radical (unpaired) electrons. The molecular formula is C22H25FN4O2. The van der Waals surface area contributed by atoms with Crippen LogP contribution in [-0.4, -0.2) is 22.9 Å². The van der Waals surface area contributed by atoms with Crippen molar-refractivity contribution in [2.45, 2.75) is 25.7 Å². The Morgan fingerprint density at radius 2 is 1.86 bits per heavy atom. The van der Waals surface area contributed by atoms with E-state index in [-0.39, 0.29) is 17.6 Å². The van der Waals surface area contributed by atoms with Crippen molar-refractivity contribution >= 4 is 34.1 Å². The van der Waals surface area contributed by atoms with Gasteiger partial charge in [0, 0.05) is 30.9 Å². The summed E-state index contributed by atoms with van der Waals surface area (Å²) in [5.41, 5.74) is 8.27. The number of carbonyl (C=O) groups excluding carboxylic acids is 2. The van der Waals surface area contributed by atoms with Crippen molar-refractivity contribution in [3.63, 3.8) is 0 Å². The second kappa shape index (κ2) is 9.23. The minimum Gasteiger partial charge on any atom is -0.397 e. The number of halogens is 1. The summed E-state index contributed by atoms with van der Waals surface area (Å²) in [7, 11) is 1.78. The van der Waals surface area contributed by atoms with Gasteiger partial charge >= 0.3 is 0 Å². The number of nitrogens with zero attached hydrogens (tertiary/aromatic N) is 1. The van der Waals surface area contributed by atoms with Gasteiger partial charge in [0.1, 0.15) is 11.5 Å². The molecule has 29 heavy (non-hydrogen) atoms. The predicted molar refractivity (Wildman–Crippen MR) is 113 cm³/mol. The Hall–Kier alpha value is -3.35. The second-order valence-electron chi connectivity index (χ2n) is 6.99. The van der Waals surface area contributed by atoms with Gasteiger partial charge in [-0.3, -0.25) is 9.59 Å². The van der Waals surface area contributed by atoms with Gasteiger partial charge in [-0.05, 0) is 49.2 Å². The topological polar surface area (TPSA) is 89.2 Å². The number of fused-ring (bicyclic) bond motifs is 1. The SMILES string of the molecule is Cn1c(C(=O)NCCCCCC(=O)Nc2ccccc2N)cc2cc(F)ccc21. The van der Waals surface area contributed by atoms with Crippen LogP contribution in [0.2, 0.25) is 0 Å². The summed E-state index contributed by atoms with van der Waals surface area (Å²) < 4.78 is 15.1. The highest BCUT2D eigenvalue weighted by Crippen LogP contribution is 2.20. The maximum Gasteiger partial charge on any atom is 0.267 e. The number of benzene rings is 2. The maximum atomic E-state index is 13.4. The van der Waals surface area contributed by atoms with Crippen LogP contribution in [0, 0.1) is 5.82 Å². The smallest absolute Gasteiger partial charge is 0.267 e. The first-order valence-electron chi connectivity index (χ1n) is 9.63. The molecule has 0 aliphatic heterocycles. The molecule has 7 heteroatoms. The number of carbonyl (C=O) groups is 2. The highest BCUT2D eigenvalue weighted by Gasteiger charge is 2.13. The zero-order valence-electron chi connectivity index (χ0n) is 16.4. The Morgan fingerprint density at radius 1 is 1.07 bits per heavy atom. The molecule has 0 spiro atoms. The number of nitrogens with two attached hydrogens (primary N) is 1. The number of amides is 2. The molecule has 2 amide bonds. The third kappa shape index (κ3) is 5.13. The van der Waals surface area contributed by atoms with Crippen LogP contribution in [0.5, 0.6) is 0 Å². The Morgan fingerprint density at radius 3 is 2.66 bits per heavy atom. The molecule has 6 nitrogen and oxygen atoms in total. The van der Waals surface area contributed by atoms with Crippen molar-refractivity contribution < 1.29 is 14.0 Å². The van der Waals surface area contributed by atoms with Crippen molar-refractivity contribution in [2.75, 3.05) is 17.6 Å². The molecule has 3 rings (SSSR count). The number of nitrogen functional groups attached to an aromatic ring is 1. The lowest BCUT2D eigenvalue weighted by atomic mass is 10.1. The molecule has 3 aromatic rings. The van der Waals surface area contributed by atoms with E-state index in [2.05, 4.69) is 10.6 Å². The maximum absolute atomic E-state index is 13.4. The van der Waals surface area contributed by atoms with Gasteiger partial charge in [0.25, 0.3) is 5.91 Å². The molecule has 0 unspecified atom stereocenters. The average molecular weight is 396 g/mol. The summed E-state index contributed by atoms with van der Waals surface area (Å²) in [6.45, 7) is 0.516. The van der Waals surface area contributed by atoms with E-state index in [4.69, 9.17) is 5.73 Å². The summed E-state index contributed by atoms with van der Waals surface area (Å²) in [4.78, 5) is 24.4. The summed E-state index contributed by atoms with van der Waals surface area (Å²) >= 11 is 0. The molecule has 2 aromatic carbocycles. The molecule has 0 aliphatic carbocycles. The molecule has 152 valence electrons. The number of aromatic nitrogens is 1. The van der Waals surface area contributed by atoms with Crippen LogP contribution in [0.1, 0.15) is 36.2 Å². The van der Waals surface area contributed by atoms with Crippen LogP contribution in [0.25, 0.3) is 10.9 Å². The highest BCUT2D eigenvalue weighted by atomic mass is 19.1. The molecule has 0 saturated carbocycles. The van der Waals surface area contributed by atoms with E-state index in [0.717, 1.165) is 24.8 Å². The number of rotatable bonds is 8. The van der Waals surface area contributed by atoms with Crippen molar-refractivity contribution in [1.29, 1.82) is 0 Å². The van der Waals surface area contributed by atoms with E-state index in [1.165, 1.54) is 12.1 Å². The van der Waals surface area contributed by atoms with E-state index in [9.17, 15) is 14.0 Å². The summed E-state index contributed by atoms with van der Waals surface area (Å²) in [5.74, 6) is -0.592. The normalized spacial score (nSPS) is 10.8. The summed E-state index contributed by atoms with van der Waals surface area (Å²) in [5, 5.41) is 6.38. The molecule has 0 saturated heterocycles. The van der Waals surface area contributed by atoms with E-state index in [1.807, 2.05) is 12.1 Å². The Kier molecular flexibility index (Phi) is 6.49. The molecule has 0 aliphatic rings. The second-order valence-corrected chi connectivity index (χ2v) is 6.99. The van der Waals surface area contributed by atoms with Crippen LogP contribution in [0.4, 0.5) is 15.8 Å². The molecule has 0 fully saturated rings. The van der Waals surface area contributed by atoms with E-state index < -0.39 is 0 Å². The number of aryl methyl sites for hydroxylation is 1. The van der Waals surface area contributed by atoms with Crippen LogP contribution in [-0.2, 0) is 11.8 Å². The fraction of sp³-hybridized carbons (Fsp3) is 0.273. The van der Waals surface area contributed by atoms with E-state index in [1.54, 1.807) is 35.9 Å². The Bertz CT molecular complexity index is 1030. The fourth-order valence-electron chi connectivity index (χ4n) is 3.24. The first-order valence-corrected chi connectivity index (χ1v) is 9.63. The standard InChI is InChI=1S/C22H25FN4O2/c1-27-19-11-10-16(23)13-15(19)14-20(27)22(29)25-12-6-2-3-9-21(28)26-18-8-5-4-7-17(18)24/h4-5,7-8,10-11,13-14H,2-3,6,9,12,24H2,1H3,(H,25,29)(H,26,28). The van der Waals surface area contributed by atoms with Crippen molar-refractivity contribution in [3.8, 4) is 0 Å². The summed E-state index contributed by atoms with van der Waals surface area (Å²) in [6.07, 6.45) is 2.71. The lowest BCUT2D eigenvalue weighted by Crippen LogP contribution is -2.26. The third-order valence-electron chi connectivity index (χ3n) is 4.84. The number of para-hydroxylation sites is 2. The molecule has 0 atom stereocenters. The fourth-order valence-corrected chi connectivity index (χ4v) is 3.24. The minimum absolute atomic E-state index is 0.0744. The van der Waals surface area contributed by atoms with Crippen molar-refractivity contribution in [3.05, 3.63) is 60.0 Å². The quantitative estimate of drug-likeness (QED) is 0.399. The first-order chi connectivity index (χ1) is 14.0. The largest absolute Gasteiger partial charge is 0.397 e. The first kappa shape index (κ1) is 20.4. The molecule has 1 aromatic heterocycles. The number of nitrogens with one attached hydrogen (secondary N) is 2. The third-order valence-corrected chi connectivity index (χ3v) is 4.84. The van der Waals surface area contributed by atoms with Crippen LogP contribution < -0.4 is 16.4 Å². The van der Waals surface area contributed by atoms with Crippen molar-refractivity contribution in [2.24, 2.45) is 7.05 Å². The van der Waals surface area contributed by atoms with Gasteiger partial charge < -0.3 is 20.9 Å². The number of anilines is 2.